The van der Waals surface area contributed by atoms with Crippen LogP contribution in [-0.4, -0.2) is 16.5 Å². The van der Waals surface area contributed by atoms with Crippen molar-refractivity contribution in [2.24, 2.45) is 0 Å². The molecule has 1 aliphatic heterocycles. The molecule has 7 heteroatoms. The van der Waals surface area contributed by atoms with E-state index < -0.39 is 0 Å². The monoisotopic (exact) mass is 404 g/mol. The summed E-state index contributed by atoms with van der Waals surface area (Å²) in [5, 5.41) is 5.47. The third kappa shape index (κ3) is 3.92. The summed E-state index contributed by atoms with van der Waals surface area (Å²) in [6, 6.07) is 9.11. The number of hydrogen-bond acceptors (Lipinski definition) is 5. The molecule has 0 saturated carbocycles. The van der Waals surface area contributed by atoms with Gasteiger partial charge in [0, 0.05) is 28.9 Å². The number of halogens is 2. The predicted molar refractivity (Wildman–Crippen MR) is 112 cm³/mol. The van der Waals surface area contributed by atoms with Crippen molar-refractivity contribution in [3.8, 4) is 0 Å². The lowest BCUT2D eigenvalue weighted by Crippen LogP contribution is -2.34. The highest BCUT2D eigenvalue weighted by molar-refractivity contribution is 7.10. The first kappa shape index (κ1) is 19.6. The minimum atomic E-state index is -0.235. The van der Waals surface area contributed by atoms with Crippen LogP contribution < -0.4 is 10.2 Å². The molecule has 1 aliphatic rings. The van der Waals surface area contributed by atoms with Gasteiger partial charge >= 0.3 is 0 Å². The van der Waals surface area contributed by atoms with Crippen LogP contribution in [0.5, 0.6) is 0 Å². The van der Waals surface area contributed by atoms with Gasteiger partial charge in [0.25, 0.3) is 0 Å². The van der Waals surface area contributed by atoms with Crippen molar-refractivity contribution in [3.05, 3.63) is 63.2 Å². The zero-order valence-corrected chi connectivity index (χ0v) is 17.1. The molecule has 1 unspecified atom stereocenters. The Hall–Kier alpha value is -2.18. The molecule has 3 aromatic rings. The van der Waals surface area contributed by atoms with E-state index in [-0.39, 0.29) is 24.3 Å². The minimum absolute atomic E-state index is 0. The number of aryl methyl sites for hydroxylation is 2. The molecule has 1 N–H and O–H groups in total. The van der Waals surface area contributed by atoms with Crippen molar-refractivity contribution in [2.45, 2.75) is 33.2 Å². The van der Waals surface area contributed by atoms with E-state index in [1.807, 2.05) is 19.9 Å². The lowest BCUT2D eigenvalue weighted by Gasteiger charge is -2.33. The van der Waals surface area contributed by atoms with Crippen LogP contribution in [0.3, 0.4) is 0 Å². The van der Waals surface area contributed by atoms with E-state index in [4.69, 9.17) is 4.98 Å². The van der Waals surface area contributed by atoms with Gasteiger partial charge in [0.05, 0.1) is 6.04 Å². The lowest BCUT2D eigenvalue weighted by atomic mass is 10.0. The molecule has 0 aliphatic carbocycles. The number of aromatic nitrogens is 2. The van der Waals surface area contributed by atoms with Crippen LogP contribution in [0.15, 0.2) is 35.7 Å². The van der Waals surface area contributed by atoms with Gasteiger partial charge in [-0.2, -0.15) is 4.98 Å². The summed E-state index contributed by atoms with van der Waals surface area (Å²) in [4.78, 5) is 13.1. The molecule has 1 atom stereocenters. The summed E-state index contributed by atoms with van der Waals surface area (Å²) in [6.45, 7) is 6.96. The summed E-state index contributed by atoms with van der Waals surface area (Å²) in [5.41, 5.74) is 4.04. The molecule has 0 amide bonds. The molecule has 3 heterocycles. The van der Waals surface area contributed by atoms with E-state index in [0.29, 0.717) is 0 Å². The van der Waals surface area contributed by atoms with Crippen LogP contribution in [0.1, 0.15) is 34.7 Å². The third-order valence-electron chi connectivity index (χ3n) is 4.80. The predicted octanol–water partition coefficient (Wildman–Crippen LogP) is 5.58. The molecule has 4 rings (SSSR count). The zero-order chi connectivity index (χ0) is 18.3. The molecular formula is C20H22ClFN4S. The Morgan fingerprint density at radius 2 is 2.00 bits per heavy atom. The maximum Gasteiger partial charge on any atom is 0.228 e. The summed E-state index contributed by atoms with van der Waals surface area (Å²) < 4.78 is 13.3. The number of nitrogens with one attached hydrogen (secondary N) is 1. The number of anilines is 3. The van der Waals surface area contributed by atoms with Crippen molar-refractivity contribution in [1.29, 1.82) is 0 Å². The Morgan fingerprint density at radius 3 is 2.78 bits per heavy atom. The van der Waals surface area contributed by atoms with Crippen LogP contribution in [-0.2, 0) is 6.42 Å². The molecule has 0 bridgehead atoms. The van der Waals surface area contributed by atoms with Gasteiger partial charge in [-0.25, -0.2) is 9.37 Å². The van der Waals surface area contributed by atoms with Crippen LogP contribution in [0, 0.1) is 19.7 Å². The highest BCUT2D eigenvalue weighted by Crippen LogP contribution is 2.35. The molecule has 142 valence electrons. The van der Waals surface area contributed by atoms with Gasteiger partial charge in [0.1, 0.15) is 11.6 Å². The van der Waals surface area contributed by atoms with Crippen molar-refractivity contribution in [3.63, 3.8) is 0 Å². The minimum Gasteiger partial charge on any atom is -0.340 e. The molecule has 0 saturated heterocycles. The van der Waals surface area contributed by atoms with Gasteiger partial charge < -0.3 is 10.2 Å². The van der Waals surface area contributed by atoms with E-state index in [0.717, 1.165) is 41.7 Å². The molecular weight excluding hydrogens is 383 g/mol. The van der Waals surface area contributed by atoms with Gasteiger partial charge in [-0.3, -0.25) is 0 Å². The standard InChI is InChI=1S/C20H21FN4S.ClH/c1-12-10-16(21)4-5-17(12)23-18-11-13(2)22-20(24-18)25-8-6-15-7-9-26-19(15)14(25)3;/h4-5,7,9-11,14H,6,8H2,1-3H3,(H,22,23,24);1H. The second kappa shape index (κ2) is 7.82. The number of thiophene rings is 1. The highest BCUT2D eigenvalue weighted by Gasteiger charge is 2.27. The van der Waals surface area contributed by atoms with E-state index in [9.17, 15) is 4.39 Å². The van der Waals surface area contributed by atoms with Gasteiger partial charge in [-0.05, 0) is 68.0 Å². The van der Waals surface area contributed by atoms with Crippen molar-refractivity contribution in [2.75, 3.05) is 16.8 Å². The molecule has 0 spiro atoms. The van der Waals surface area contributed by atoms with Crippen LogP contribution in [0.25, 0.3) is 0 Å². The first-order chi connectivity index (χ1) is 12.5. The Morgan fingerprint density at radius 1 is 1.19 bits per heavy atom. The number of nitrogens with zero attached hydrogens (tertiary/aromatic N) is 3. The number of benzene rings is 1. The van der Waals surface area contributed by atoms with Crippen molar-refractivity contribution < 1.29 is 4.39 Å². The van der Waals surface area contributed by atoms with E-state index in [2.05, 4.69) is 33.6 Å². The third-order valence-corrected chi connectivity index (χ3v) is 5.93. The maximum atomic E-state index is 13.3. The van der Waals surface area contributed by atoms with Crippen molar-refractivity contribution >= 4 is 41.2 Å². The topological polar surface area (TPSA) is 41.1 Å². The summed E-state index contributed by atoms with van der Waals surface area (Å²) >= 11 is 1.80. The second-order valence-corrected chi connectivity index (χ2v) is 7.66. The van der Waals surface area contributed by atoms with Crippen LogP contribution >= 0.6 is 23.7 Å². The molecule has 2 aromatic heterocycles. The van der Waals surface area contributed by atoms with Crippen LogP contribution in [0.2, 0.25) is 0 Å². The molecule has 0 fully saturated rings. The van der Waals surface area contributed by atoms with Gasteiger partial charge in [-0.1, -0.05) is 0 Å². The molecule has 4 nitrogen and oxygen atoms in total. The average molecular weight is 405 g/mol. The Labute approximate surface area is 168 Å². The largest absolute Gasteiger partial charge is 0.340 e. The number of hydrogen-bond donors (Lipinski definition) is 1. The number of rotatable bonds is 3. The van der Waals surface area contributed by atoms with Gasteiger partial charge in [0.15, 0.2) is 0 Å². The fourth-order valence-corrected chi connectivity index (χ4v) is 4.45. The SMILES string of the molecule is Cc1cc(Nc2ccc(F)cc2C)nc(N2CCc3ccsc3C2C)n1.Cl. The van der Waals surface area contributed by atoms with E-state index in [1.54, 1.807) is 17.4 Å². The fraction of sp³-hybridized carbons (Fsp3) is 0.300. The molecule has 1 aromatic carbocycles. The Kier molecular flexibility index (Phi) is 5.67. The average Bonchev–Trinajstić information content (AvgIpc) is 3.07. The van der Waals surface area contributed by atoms with Crippen LogP contribution in [0.4, 0.5) is 21.8 Å². The zero-order valence-electron chi connectivity index (χ0n) is 15.5. The Bertz CT molecular complexity index is 959. The summed E-state index contributed by atoms with van der Waals surface area (Å²) in [5.74, 6) is 1.23. The summed E-state index contributed by atoms with van der Waals surface area (Å²) in [7, 11) is 0. The quantitative estimate of drug-likeness (QED) is 0.618. The fourth-order valence-electron chi connectivity index (χ4n) is 3.42. The van der Waals surface area contributed by atoms with Gasteiger partial charge in [-0.15, -0.1) is 23.7 Å². The summed E-state index contributed by atoms with van der Waals surface area (Å²) in [6.07, 6.45) is 1.01. The lowest BCUT2D eigenvalue weighted by molar-refractivity contribution is 0.619. The van der Waals surface area contributed by atoms with E-state index >= 15 is 0 Å². The van der Waals surface area contributed by atoms with Crippen molar-refractivity contribution in [1.82, 2.24) is 9.97 Å². The smallest absolute Gasteiger partial charge is 0.228 e. The Balaban J connectivity index is 0.00000210. The first-order valence-electron chi connectivity index (χ1n) is 8.73. The molecule has 27 heavy (non-hydrogen) atoms. The molecule has 0 radical (unpaired) electrons. The maximum absolute atomic E-state index is 13.3. The first-order valence-corrected chi connectivity index (χ1v) is 9.61. The highest BCUT2D eigenvalue weighted by atomic mass is 35.5. The normalized spacial score (nSPS) is 15.9. The number of fused-ring (bicyclic) bond motifs is 1. The second-order valence-electron chi connectivity index (χ2n) is 6.71. The van der Waals surface area contributed by atoms with Gasteiger partial charge in [0.2, 0.25) is 5.95 Å². The van der Waals surface area contributed by atoms with E-state index in [1.165, 1.54) is 22.6 Å².